The molecule has 3 heterocycles. The minimum Gasteiger partial charge on any atom is -0.337 e. The van der Waals surface area contributed by atoms with Crippen LogP contribution < -0.4 is 5.32 Å². The fourth-order valence-electron chi connectivity index (χ4n) is 2.13. The van der Waals surface area contributed by atoms with E-state index in [1.54, 1.807) is 12.3 Å². The van der Waals surface area contributed by atoms with Crippen molar-refractivity contribution in [1.82, 2.24) is 20.4 Å². The summed E-state index contributed by atoms with van der Waals surface area (Å²) in [5, 5.41) is 6.99. The second-order valence-corrected chi connectivity index (χ2v) is 8.00. The average Bonchev–Trinajstić information content (AvgIpc) is 3.04. The van der Waals surface area contributed by atoms with Gasteiger partial charge in [0.1, 0.15) is 5.69 Å². The third-order valence-corrected chi connectivity index (χ3v) is 5.44. The minimum atomic E-state index is -2.89. The van der Waals surface area contributed by atoms with E-state index in [0.717, 1.165) is 4.47 Å². The molecular formula is C12H13BrN4O3S. The summed E-state index contributed by atoms with van der Waals surface area (Å²) in [6.45, 7) is 0.351. The third kappa shape index (κ3) is 3.66. The Bertz CT molecular complexity index is 729. The zero-order valence-corrected chi connectivity index (χ0v) is 13.4. The van der Waals surface area contributed by atoms with Crippen LogP contribution in [0.5, 0.6) is 0 Å². The van der Waals surface area contributed by atoms with Gasteiger partial charge < -0.3 is 9.84 Å². The van der Waals surface area contributed by atoms with E-state index in [9.17, 15) is 8.42 Å². The molecule has 0 aliphatic carbocycles. The van der Waals surface area contributed by atoms with Gasteiger partial charge >= 0.3 is 0 Å². The van der Waals surface area contributed by atoms with Crippen LogP contribution in [0.15, 0.2) is 27.3 Å². The van der Waals surface area contributed by atoms with Crippen molar-refractivity contribution in [3.05, 3.63) is 28.7 Å². The highest BCUT2D eigenvalue weighted by Crippen LogP contribution is 2.16. The number of halogens is 1. The molecule has 21 heavy (non-hydrogen) atoms. The Morgan fingerprint density at radius 2 is 2.29 bits per heavy atom. The largest absolute Gasteiger partial charge is 0.337 e. The molecule has 1 fully saturated rings. The lowest BCUT2D eigenvalue weighted by atomic mass is 10.2. The number of nitrogens with zero attached hydrogens (tertiary/aromatic N) is 3. The molecule has 1 aliphatic rings. The molecular weight excluding hydrogens is 360 g/mol. The molecule has 3 rings (SSSR count). The number of nitrogens with one attached hydrogen (secondary N) is 1. The van der Waals surface area contributed by atoms with Crippen LogP contribution in [0.25, 0.3) is 11.5 Å². The van der Waals surface area contributed by atoms with Gasteiger partial charge in [0.2, 0.25) is 11.7 Å². The van der Waals surface area contributed by atoms with Gasteiger partial charge in [0.15, 0.2) is 9.84 Å². The maximum atomic E-state index is 11.4. The van der Waals surface area contributed by atoms with Crippen LogP contribution in [0.4, 0.5) is 0 Å². The Morgan fingerprint density at radius 1 is 1.43 bits per heavy atom. The molecule has 112 valence electrons. The quantitative estimate of drug-likeness (QED) is 0.859. The first kappa shape index (κ1) is 14.6. The molecule has 0 aromatic carbocycles. The van der Waals surface area contributed by atoms with Gasteiger partial charge in [0.25, 0.3) is 0 Å². The highest BCUT2D eigenvalue weighted by Gasteiger charge is 2.27. The van der Waals surface area contributed by atoms with E-state index in [0.29, 0.717) is 30.4 Å². The molecule has 1 unspecified atom stereocenters. The van der Waals surface area contributed by atoms with Crippen molar-refractivity contribution < 1.29 is 12.9 Å². The molecule has 0 spiro atoms. The molecule has 1 atom stereocenters. The molecule has 1 saturated heterocycles. The van der Waals surface area contributed by atoms with Crippen molar-refractivity contribution >= 4 is 25.8 Å². The van der Waals surface area contributed by atoms with Crippen LogP contribution in [0.2, 0.25) is 0 Å². The van der Waals surface area contributed by atoms with Gasteiger partial charge in [-0.25, -0.2) is 8.42 Å². The van der Waals surface area contributed by atoms with E-state index >= 15 is 0 Å². The molecule has 0 bridgehead atoms. The molecule has 2 aromatic rings. The van der Waals surface area contributed by atoms with Gasteiger partial charge in [0.05, 0.1) is 18.1 Å². The first-order valence-corrected chi connectivity index (χ1v) is 9.01. The maximum absolute atomic E-state index is 11.4. The summed E-state index contributed by atoms with van der Waals surface area (Å²) in [4.78, 5) is 8.43. The second-order valence-electron chi connectivity index (χ2n) is 4.85. The van der Waals surface area contributed by atoms with Crippen molar-refractivity contribution in [2.45, 2.75) is 19.0 Å². The van der Waals surface area contributed by atoms with Gasteiger partial charge in [-0.2, -0.15) is 4.98 Å². The minimum absolute atomic E-state index is 0.0452. The normalized spacial score (nSPS) is 20.7. The fraction of sp³-hybridized carbons (Fsp3) is 0.417. The molecule has 7 nitrogen and oxygen atoms in total. The Labute approximate surface area is 130 Å². The van der Waals surface area contributed by atoms with Gasteiger partial charge in [-0.05, 0) is 34.5 Å². The van der Waals surface area contributed by atoms with Crippen LogP contribution in [-0.4, -0.2) is 41.1 Å². The number of aromatic nitrogens is 3. The predicted molar refractivity (Wildman–Crippen MR) is 79.1 cm³/mol. The van der Waals surface area contributed by atoms with Crippen LogP contribution in [0.3, 0.4) is 0 Å². The zero-order valence-electron chi connectivity index (χ0n) is 11.0. The highest BCUT2D eigenvalue weighted by atomic mass is 79.9. The first-order valence-electron chi connectivity index (χ1n) is 6.40. The van der Waals surface area contributed by atoms with Crippen molar-refractivity contribution in [3.63, 3.8) is 0 Å². The molecule has 0 radical (unpaired) electrons. The van der Waals surface area contributed by atoms with Gasteiger partial charge in [-0.3, -0.25) is 4.98 Å². The van der Waals surface area contributed by atoms with E-state index in [2.05, 4.69) is 36.4 Å². The smallest absolute Gasteiger partial charge is 0.240 e. The Morgan fingerprint density at radius 3 is 2.95 bits per heavy atom. The summed E-state index contributed by atoms with van der Waals surface area (Å²) < 4.78 is 28.7. The van der Waals surface area contributed by atoms with E-state index in [1.807, 2.05) is 6.07 Å². The summed E-state index contributed by atoms with van der Waals surface area (Å²) in [7, 11) is -2.89. The van der Waals surface area contributed by atoms with Crippen LogP contribution in [-0.2, 0) is 16.4 Å². The SMILES string of the molecule is O=S1(=O)CCC(NCc2nc(-c3ccc(Br)cn3)no2)C1. The number of hydrogen-bond acceptors (Lipinski definition) is 7. The summed E-state index contributed by atoms with van der Waals surface area (Å²) in [6.07, 6.45) is 2.28. The fourth-order valence-corrected chi connectivity index (χ4v) is 4.07. The molecule has 1 aliphatic heterocycles. The van der Waals surface area contributed by atoms with Gasteiger partial charge in [-0.1, -0.05) is 5.16 Å². The molecule has 0 saturated carbocycles. The lowest BCUT2D eigenvalue weighted by molar-refractivity contribution is 0.360. The average molecular weight is 373 g/mol. The maximum Gasteiger partial charge on any atom is 0.240 e. The Balaban J connectivity index is 1.62. The number of rotatable bonds is 4. The van der Waals surface area contributed by atoms with E-state index in [1.165, 1.54) is 0 Å². The highest BCUT2D eigenvalue weighted by molar-refractivity contribution is 9.10. The van der Waals surface area contributed by atoms with Crippen LogP contribution in [0.1, 0.15) is 12.3 Å². The lowest BCUT2D eigenvalue weighted by Gasteiger charge is -2.07. The molecule has 1 N–H and O–H groups in total. The first-order chi connectivity index (χ1) is 10.0. The van der Waals surface area contributed by atoms with Crippen molar-refractivity contribution in [2.24, 2.45) is 0 Å². The number of hydrogen-bond donors (Lipinski definition) is 1. The zero-order chi connectivity index (χ0) is 14.9. The summed E-state index contributed by atoms with van der Waals surface area (Å²) >= 11 is 3.31. The van der Waals surface area contributed by atoms with Crippen LogP contribution >= 0.6 is 15.9 Å². The number of sulfone groups is 1. The van der Waals surface area contributed by atoms with Crippen LogP contribution in [0, 0.1) is 0 Å². The van der Waals surface area contributed by atoms with Gasteiger partial charge in [-0.15, -0.1) is 0 Å². The second kappa shape index (κ2) is 5.82. The van der Waals surface area contributed by atoms with Crippen molar-refractivity contribution in [2.75, 3.05) is 11.5 Å². The molecule has 2 aromatic heterocycles. The van der Waals surface area contributed by atoms with Gasteiger partial charge in [0, 0.05) is 16.7 Å². The lowest BCUT2D eigenvalue weighted by Crippen LogP contribution is -2.29. The summed E-state index contributed by atoms with van der Waals surface area (Å²) in [6, 6.07) is 3.59. The standard InChI is InChI=1S/C12H13BrN4O3S/c13-8-1-2-10(15-5-8)12-16-11(20-17-12)6-14-9-3-4-21(18,19)7-9/h1-2,5,9,14H,3-4,6-7H2. The topological polar surface area (TPSA) is 98.0 Å². The Kier molecular flexibility index (Phi) is 4.05. The van der Waals surface area contributed by atoms with Crippen molar-refractivity contribution in [3.8, 4) is 11.5 Å². The summed E-state index contributed by atoms with van der Waals surface area (Å²) in [5.74, 6) is 1.24. The monoisotopic (exact) mass is 372 g/mol. The predicted octanol–water partition coefficient (Wildman–Crippen LogP) is 1.17. The summed E-state index contributed by atoms with van der Waals surface area (Å²) in [5.41, 5.74) is 0.622. The van der Waals surface area contributed by atoms with E-state index in [-0.39, 0.29) is 17.5 Å². The number of pyridine rings is 1. The molecule has 0 amide bonds. The van der Waals surface area contributed by atoms with E-state index in [4.69, 9.17) is 4.52 Å². The third-order valence-electron chi connectivity index (χ3n) is 3.20. The molecule has 9 heteroatoms. The Hall–Kier alpha value is -1.32. The van der Waals surface area contributed by atoms with E-state index < -0.39 is 9.84 Å². The van der Waals surface area contributed by atoms with Crippen molar-refractivity contribution in [1.29, 1.82) is 0 Å².